The topological polar surface area (TPSA) is 133 Å². The summed E-state index contributed by atoms with van der Waals surface area (Å²) in [5, 5.41) is 8.74. The summed E-state index contributed by atoms with van der Waals surface area (Å²) in [5.74, 6) is 1.02. The molecule has 0 radical (unpaired) electrons. The highest BCUT2D eigenvalue weighted by Crippen LogP contribution is 2.28. The van der Waals surface area contributed by atoms with E-state index in [1.54, 1.807) is 31.2 Å². The number of ether oxygens (including phenoxy) is 3. The van der Waals surface area contributed by atoms with Crippen molar-refractivity contribution in [3.05, 3.63) is 72.3 Å². The van der Waals surface area contributed by atoms with Crippen LogP contribution in [0.15, 0.2) is 61.2 Å². The van der Waals surface area contributed by atoms with Gasteiger partial charge in [-0.3, -0.25) is 9.59 Å². The van der Waals surface area contributed by atoms with E-state index in [0.29, 0.717) is 31.6 Å². The second kappa shape index (κ2) is 15.8. The predicted molar refractivity (Wildman–Crippen MR) is 166 cm³/mol. The van der Waals surface area contributed by atoms with E-state index in [2.05, 4.69) is 17.2 Å². The fourth-order valence-electron chi connectivity index (χ4n) is 5.51. The Hall–Kier alpha value is -4.78. The third kappa shape index (κ3) is 8.44. The summed E-state index contributed by atoms with van der Waals surface area (Å²) < 4.78 is 15.4. The number of hydrazine groups is 1. The van der Waals surface area contributed by atoms with Crippen LogP contribution < -0.4 is 20.1 Å². The summed E-state index contributed by atoms with van der Waals surface area (Å²) in [7, 11) is 4.88. The van der Waals surface area contributed by atoms with Gasteiger partial charge in [0.15, 0.2) is 0 Å². The number of rotatable bonds is 13. The van der Waals surface area contributed by atoms with Gasteiger partial charge in [-0.05, 0) is 54.7 Å². The number of hydrogen-bond donors (Lipinski definition) is 2. The first kappa shape index (κ1) is 33.1. The number of carbonyl (C=O) groups excluding carboxylic acids is 4. The number of carbonyl (C=O) groups is 4. The Morgan fingerprint density at radius 1 is 0.978 bits per heavy atom. The largest absolute Gasteiger partial charge is 0.497 e. The zero-order valence-electron chi connectivity index (χ0n) is 26.1. The van der Waals surface area contributed by atoms with Crippen molar-refractivity contribution in [3.63, 3.8) is 0 Å². The van der Waals surface area contributed by atoms with Gasteiger partial charge >= 0.3 is 12.1 Å². The molecule has 0 aromatic heterocycles. The fraction of sp³-hybridized carbons (Fsp3) is 0.438. The van der Waals surface area contributed by atoms with Gasteiger partial charge in [0.25, 0.3) is 0 Å². The first-order chi connectivity index (χ1) is 21.7. The van der Waals surface area contributed by atoms with E-state index in [1.807, 2.05) is 48.5 Å². The molecule has 2 aromatic carbocycles. The number of benzene rings is 2. The summed E-state index contributed by atoms with van der Waals surface area (Å²) in [5.41, 5.74) is 1.91. The Morgan fingerprint density at radius 2 is 1.62 bits per heavy atom. The number of nitrogens with one attached hydrogen (secondary N) is 2. The molecule has 4 rings (SSSR count). The molecule has 5 amide bonds. The lowest BCUT2D eigenvalue weighted by molar-refractivity contribution is -0.187. The average Bonchev–Trinajstić information content (AvgIpc) is 3.05. The van der Waals surface area contributed by atoms with Gasteiger partial charge in [-0.15, -0.1) is 0 Å². The second-order valence-corrected chi connectivity index (χ2v) is 10.8. The van der Waals surface area contributed by atoms with Crippen molar-refractivity contribution >= 4 is 23.9 Å². The van der Waals surface area contributed by atoms with Gasteiger partial charge in [0, 0.05) is 26.7 Å². The maximum Gasteiger partial charge on any atom is 0.407 e. The van der Waals surface area contributed by atoms with Gasteiger partial charge in [-0.1, -0.05) is 36.9 Å². The van der Waals surface area contributed by atoms with Crippen molar-refractivity contribution in [1.82, 2.24) is 30.5 Å². The molecule has 242 valence electrons. The van der Waals surface area contributed by atoms with Crippen LogP contribution in [0.2, 0.25) is 0 Å². The van der Waals surface area contributed by atoms with Crippen molar-refractivity contribution in [3.8, 4) is 11.5 Å². The molecule has 2 unspecified atom stereocenters. The van der Waals surface area contributed by atoms with Gasteiger partial charge < -0.3 is 34.6 Å². The molecule has 2 N–H and O–H groups in total. The Bertz CT molecular complexity index is 1340. The Labute approximate surface area is 263 Å². The van der Waals surface area contributed by atoms with Crippen molar-refractivity contribution in [2.24, 2.45) is 0 Å². The monoisotopic (exact) mass is 622 g/mol. The number of fused-ring (bicyclic) bond motifs is 1. The maximum atomic E-state index is 13.9. The minimum absolute atomic E-state index is 0.0613. The minimum atomic E-state index is -0.802. The molecule has 2 fully saturated rings. The predicted octanol–water partition coefficient (Wildman–Crippen LogP) is 2.38. The summed E-state index contributed by atoms with van der Waals surface area (Å²) in [6.45, 7) is 4.63. The molecule has 13 heteroatoms. The number of nitrogens with zero attached hydrogens (tertiary/aromatic N) is 4. The van der Waals surface area contributed by atoms with Crippen molar-refractivity contribution in [2.75, 3.05) is 54.1 Å². The molecule has 2 aliphatic heterocycles. The van der Waals surface area contributed by atoms with Crippen LogP contribution in [0.25, 0.3) is 0 Å². The van der Waals surface area contributed by atoms with E-state index < -0.39 is 18.3 Å². The van der Waals surface area contributed by atoms with Crippen molar-refractivity contribution in [1.29, 1.82) is 0 Å². The molecular weight excluding hydrogens is 580 g/mol. The third-order valence-electron chi connectivity index (χ3n) is 7.84. The smallest absolute Gasteiger partial charge is 0.407 e. The normalized spacial score (nSPS) is 18.2. The van der Waals surface area contributed by atoms with Crippen molar-refractivity contribution in [2.45, 2.75) is 38.0 Å². The molecule has 0 saturated carbocycles. The highest BCUT2D eigenvalue weighted by Gasteiger charge is 2.50. The molecular formula is C32H42N6O7. The number of amides is 5. The fourth-order valence-corrected chi connectivity index (χ4v) is 5.51. The van der Waals surface area contributed by atoms with Gasteiger partial charge in [-0.2, -0.15) is 0 Å². The molecule has 2 aliphatic rings. The van der Waals surface area contributed by atoms with Crippen LogP contribution in [-0.2, 0) is 27.3 Å². The van der Waals surface area contributed by atoms with E-state index in [-0.39, 0.29) is 50.6 Å². The first-order valence-corrected chi connectivity index (χ1v) is 14.9. The van der Waals surface area contributed by atoms with Gasteiger partial charge in [0.2, 0.25) is 11.8 Å². The molecule has 13 nitrogen and oxygen atoms in total. The van der Waals surface area contributed by atoms with Crippen LogP contribution in [0.3, 0.4) is 0 Å². The van der Waals surface area contributed by atoms with Gasteiger partial charge in [-0.25, -0.2) is 19.6 Å². The molecule has 2 atom stereocenters. The lowest BCUT2D eigenvalue weighted by Crippen LogP contribution is -2.76. The summed E-state index contributed by atoms with van der Waals surface area (Å²) in [4.78, 5) is 56.1. The summed E-state index contributed by atoms with van der Waals surface area (Å²) >= 11 is 0. The van der Waals surface area contributed by atoms with Gasteiger partial charge in [0.1, 0.15) is 30.3 Å². The van der Waals surface area contributed by atoms with E-state index in [0.717, 1.165) is 16.9 Å². The molecule has 45 heavy (non-hydrogen) atoms. The first-order valence-electron chi connectivity index (χ1n) is 14.9. The Kier molecular flexibility index (Phi) is 11.6. The van der Waals surface area contributed by atoms with Crippen molar-refractivity contribution < 1.29 is 33.4 Å². The van der Waals surface area contributed by atoms with Crippen LogP contribution in [0.5, 0.6) is 11.5 Å². The third-order valence-corrected chi connectivity index (χ3v) is 7.84. The van der Waals surface area contributed by atoms with Crippen LogP contribution in [0.1, 0.15) is 24.0 Å². The quantitative estimate of drug-likeness (QED) is 0.257. The van der Waals surface area contributed by atoms with Crippen LogP contribution in [0, 0.1) is 0 Å². The zero-order valence-corrected chi connectivity index (χ0v) is 26.1. The van der Waals surface area contributed by atoms with Crippen LogP contribution in [-0.4, -0.2) is 110 Å². The standard InChI is InChI=1S/C32H42N6O7/c1-5-19-45-32(42)33-17-6-7-27-30(40)36(18-16-23-8-12-25(43-3)13-9-23)21-28-37(27)29(39)22-35(2)38(28)31(41)34-20-24-10-14-26(44-4)15-11-24/h5,8-15,27-28H,1,6-7,16-22H2,2-4H3,(H,33,42)(H,34,41). The Balaban J connectivity index is 1.51. The molecule has 0 aliphatic carbocycles. The summed E-state index contributed by atoms with van der Waals surface area (Å²) in [6, 6.07) is 13.8. The summed E-state index contributed by atoms with van der Waals surface area (Å²) in [6.07, 6.45) is 1.47. The Morgan fingerprint density at radius 3 is 2.24 bits per heavy atom. The van der Waals surface area contributed by atoms with E-state index in [9.17, 15) is 19.2 Å². The molecule has 2 heterocycles. The van der Waals surface area contributed by atoms with E-state index in [1.165, 1.54) is 16.0 Å². The number of alkyl carbamates (subject to hydrolysis) is 1. The molecule has 2 aromatic rings. The number of urea groups is 1. The average molecular weight is 623 g/mol. The number of piperazine rings is 1. The maximum absolute atomic E-state index is 13.9. The van der Waals surface area contributed by atoms with Crippen LogP contribution >= 0.6 is 0 Å². The van der Waals surface area contributed by atoms with E-state index in [4.69, 9.17) is 14.2 Å². The van der Waals surface area contributed by atoms with E-state index >= 15 is 0 Å². The molecule has 0 bridgehead atoms. The SMILES string of the molecule is C=CCOC(=O)NCCCC1C(=O)N(CCc2ccc(OC)cc2)CC2N1C(=O)CN(C)N2C(=O)NCc1ccc(OC)cc1. The number of hydrogen-bond acceptors (Lipinski definition) is 8. The highest BCUT2D eigenvalue weighted by molar-refractivity contribution is 5.91. The highest BCUT2D eigenvalue weighted by atomic mass is 16.5. The van der Waals surface area contributed by atoms with Gasteiger partial charge in [0.05, 0.1) is 27.3 Å². The minimum Gasteiger partial charge on any atom is -0.497 e. The lowest BCUT2D eigenvalue weighted by atomic mass is 10.0. The number of likely N-dealkylation sites (N-methyl/N-ethyl adjacent to an activating group) is 1. The lowest BCUT2D eigenvalue weighted by Gasteiger charge is -2.54. The zero-order chi connectivity index (χ0) is 32.3. The second-order valence-electron chi connectivity index (χ2n) is 10.8. The molecule has 2 saturated heterocycles. The molecule has 0 spiro atoms. The van der Waals surface area contributed by atoms with Crippen LogP contribution in [0.4, 0.5) is 9.59 Å². The number of methoxy groups -OCH3 is 2.